The number of ether oxygens (including phenoxy) is 1. The van der Waals surface area contributed by atoms with Crippen LogP contribution in [0.2, 0.25) is 0 Å². The van der Waals surface area contributed by atoms with Crippen molar-refractivity contribution >= 4 is 5.97 Å². The van der Waals surface area contributed by atoms with Gasteiger partial charge in [0.05, 0.1) is 6.61 Å². The molecule has 1 aliphatic heterocycles. The van der Waals surface area contributed by atoms with Gasteiger partial charge >= 0.3 is 5.97 Å². The van der Waals surface area contributed by atoms with Gasteiger partial charge in [-0.05, 0) is 31.7 Å². The molecule has 0 spiro atoms. The van der Waals surface area contributed by atoms with Crippen molar-refractivity contribution < 1.29 is 14.6 Å². The Morgan fingerprint density at radius 2 is 2.17 bits per heavy atom. The highest BCUT2D eigenvalue weighted by Gasteiger charge is 2.49. The van der Waals surface area contributed by atoms with Crippen LogP contribution in [0.3, 0.4) is 0 Å². The van der Waals surface area contributed by atoms with Crippen LogP contribution in [0, 0.1) is 5.92 Å². The number of aliphatic carboxylic acids is 1. The SMILES string of the molecule is CCCC1(C(=O)O)CCCN1C(COC)C(C)C. The van der Waals surface area contributed by atoms with Gasteiger partial charge in [-0.25, -0.2) is 0 Å². The first-order valence-electron chi connectivity index (χ1n) is 6.98. The molecule has 1 rings (SSSR count). The van der Waals surface area contributed by atoms with E-state index in [0.29, 0.717) is 12.5 Å². The highest BCUT2D eigenvalue weighted by Crippen LogP contribution is 2.37. The Morgan fingerprint density at radius 1 is 1.50 bits per heavy atom. The van der Waals surface area contributed by atoms with Crippen LogP contribution < -0.4 is 0 Å². The second-order valence-electron chi connectivity index (χ2n) is 5.65. The van der Waals surface area contributed by atoms with E-state index < -0.39 is 11.5 Å². The molecule has 2 atom stereocenters. The molecule has 0 aliphatic carbocycles. The molecule has 0 amide bonds. The first-order chi connectivity index (χ1) is 8.49. The summed E-state index contributed by atoms with van der Waals surface area (Å²) in [4.78, 5) is 14.0. The zero-order chi connectivity index (χ0) is 13.8. The molecule has 0 aromatic carbocycles. The molecule has 1 aliphatic rings. The number of hydrogen-bond acceptors (Lipinski definition) is 3. The number of hydrogen-bond donors (Lipinski definition) is 1. The average Bonchev–Trinajstić information content (AvgIpc) is 2.71. The molecule has 1 heterocycles. The van der Waals surface area contributed by atoms with Gasteiger partial charge in [0.15, 0.2) is 0 Å². The number of nitrogens with zero attached hydrogens (tertiary/aromatic N) is 1. The minimum Gasteiger partial charge on any atom is -0.480 e. The summed E-state index contributed by atoms with van der Waals surface area (Å²) in [6, 6.07) is 0.195. The van der Waals surface area contributed by atoms with Crippen LogP contribution in [0.25, 0.3) is 0 Å². The van der Waals surface area contributed by atoms with Gasteiger partial charge in [-0.15, -0.1) is 0 Å². The van der Waals surface area contributed by atoms with Gasteiger partial charge in [0.2, 0.25) is 0 Å². The van der Waals surface area contributed by atoms with Crippen molar-refractivity contribution in [2.75, 3.05) is 20.3 Å². The second-order valence-corrected chi connectivity index (χ2v) is 5.65. The summed E-state index contributed by atoms with van der Waals surface area (Å²) in [6.45, 7) is 7.82. The molecular weight excluding hydrogens is 230 g/mol. The van der Waals surface area contributed by atoms with Crippen LogP contribution in [0.1, 0.15) is 46.5 Å². The molecule has 2 unspecified atom stereocenters. The number of carboxylic acids is 1. The van der Waals surface area contributed by atoms with Crippen molar-refractivity contribution in [2.24, 2.45) is 5.92 Å². The van der Waals surface area contributed by atoms with Gasteiger partial charge in [-0.2, -0.15) is 0 Å². The van der Waals surface area contributed by atoms with Crippen molar-refractivity contribution in [3.8, 4) is 0 Å². The van der Waals surface area contributed by atoms with Crippen LogP contribution in [-0.2, 0) is 9.53 Å². The number of likely N-dealkylation sites (tertiary alicyclic amines) is 1. The number of methoxy groups -OCH3 is 1. The van der Waals surface area contributed by atoms with Crippen molar-refractivity contribution in [3.05, 3.63) is 0 Å². The Labute approximate surface area is 110 Å². The fourth-order valence-corrected chi connectivity index (χ4v) is 3.21. The molecule has 0 saturated carbocycles. The zero-order valence-electron chi connectivity index (χ0n) is 12.1. The molecular formula is C14H27NO3. The van der Waals surface area contributed by atoms with Gasteiger partial charge in [0.25, 0.3) is 0 Å². The molecule has 18 heavy (non-hydrogen) atoms. The Morgan fingerprint density at radius 3 is 2.61 bits per heavy atom. The van der Waals surface area contributed by atoms with E-state index in [9.17, 15) is 9.90 Å². The van der Waals surface area contributed by atoms with Crippen LogP contribution >= 0.6 is 0 Å². The van der Waals surface area contributed by atoms with Crippen molar-refractivity contribution in [1.29, 1.82) is 0 Å². The third kappa shape index (κ3) is 2.86. The van der Waals surface area contributed by atoms with Gasteiger partial charge in [0.1, 0.15) is 5.54 Å². The zero-order valence-corrected chi connectivity index (χ0v) is 12.1. The fourth-order valence-electron chi connectivity index (χ4n) is 3.21. The maximum Gasteiger partial charge on any atom is 0.324 e. The monoisotopic (exact) mass is 257 g/mol. The lowest BCUT2D eigenvalue weighted by Gasteiger charge is -2.41. The summed E-state index contributed by atoms with van der Waals surface area (Å²) >= 11 is 0. The molecule has 0 aromatic rings. The first-order valence-corrected chi connectivity index (χ1v) is 6.98. The van der Waals surface area contributed by atoms with E-state index in [1.807, 2.05) is 0 Å². The van der Waals surface area contributed by atoms with E-state index in [-0.39, 0.29) is 6.04 Å². The lowest BCUT2D eigenvalue weighted by atomic mass is 9.88. The number of carboxylic acid groups (broad SMARTS) is 1. The lowest BCUT2D eigenvalue weighted by molar-refractivity contribution is -0.153. The van der Waals surface area contributed by atoms with Gasteiger partial charge in [-0.1, -0.05) is 27.2 Å². The minimum absolute atomic E-state index is 0.195. The molecule has 0 aromatic heterocycles. The van der Waals surface area contributed by atoms with E-state index in [2.05, 4.69) is 25.7 Å². The maximum absolute atomic E-state index is 11.8. The molecule has 1 fully saturated rings. The molecule has 4 heteroatoms. The van der Waals surface area contributed by atoms with E-state index >= 15 is 0 Å². The second kappa shape index (κ2) is 6.53. The third-order valence-electron chi connectivity index (χ3n) is 4.11. The van der Waals surface area contributed by atoms with Crippen molar-refractivity contribution in [1.82, 2.24) is 4.90 Å². The van der Waals surface area contributed by atoms with E-state index in [1.54, 1.807) is 7.11 Å². The topological polar surface area (TPSA) is 49.8 Å². The van der Waals surface area contributed by atoms with E-state index in [0.717, 1.165) is 32.2 Å². The van der Waals surface area contributed by atoms with Crippen molar-refractivity contribution in [2.45, 2.75) is 58.0 Å². The first kappa shape index (κ1) is 15.4. The predicted molar refractivity (Wildman–Crippen MR) is 71.7 cm³/mol. The summed E-state index contributed by atoms with van der Waals surface area (Å²) in [5, 5.41) is 9.68. The Kier molecular flexibility index (Phi) is 5.60. The Bertz CT molecular complexity index is 280. The number of carbonyl (C=O) groups is 1. The van der Waals surface area contributed by atoms with E-state index in [4.69, 9.17) is 4.74 Å². The highest BCUT2D eigenvalue weighted by molar-refractivity contribution is 5.79. The van der Waals surface area contributed by atoms with Crippen LogP contribution in [-0.4, -0.2) is 47.8 Å². The van der Waals surface area contributed by atoms with E-state index in [1.165, 1.54) is 0 Å². The summed E-state index contributed by atoms with van der Waals surface area (Å²) in [6.07, 6.45) is 3.37. The van der Waals surface area contributed by atoms with Gasteiger partial charge in [-0.3, -0.25) is 9.69 Å². The fraction of sp³-hybridized carbons (Fsp3) is 0.929. The maximum atomic E-state index is 11.8. The molecule has 0 radical (unpaired) electrons. The van der Waals surface area contributed by atoms with Crippen molar-refractivity contribution in [3.63, 3.8) is 0 Å². The Hall–Kier alpha value is -0.610. The predicted octanol–water partition coefficient (Wildman–Crippen LogP) is 2.38. The Balaban J connectivity index is 2.98. The molecule has 0 bridgehead atoms. The van der Waals surface area contributed by atoms with Crippen LogP contribution in [0.5, 0.6) is 0 Å². The summed E-state index contributed by atoms with van der Waals surface area (Å²) in [5.74, 6) is -0.262. The normalized spacial score (nSPS) is 26.7. The standard InChI is InChI=1S/C14H27NO3/c1-5-7-14(13(16)17)8-6-9-15(14)12(10-18-4)11(2)3/h11-12H,5-10H2,1-4H3,(H,16,17). The lowest BCUT2D eigenvalue weighted by Crippen LogP contribution is -2.57. The molecule has 4 nitrogen and oxygen atoms in total. The molecule has 1 N–H and O–H groups in total. The molecule has 106 valence electrons. The summed E-state index contributed by atoms with van der Waals surface area (Å²) in [7, 11) is 1.69. The average molecular weight is 257 g/mol. The summed E-state index contributed by atoms with van der Waals surface area (Å²) < 4.78 is 5.29. The van der Waals surface area contributed by atoms with Gasteiger partial charge in [0, 0.05) is 13.2 Å². The quantitative estimate of drug-likeness (QED) is 0.760. The van der Waals surface area contributed by atoms with Gasteiger partial charge < -0.3 is 9.84 Å². The highest BCUT2D eigenvalue weighted by atomic mass is 16.5. The third-order valence-corrected chi connectivity index (χ3v) is 4.11. The largest absolute Gasteiger partial charge is 0.480 e. The smallest absolute Gasteiger partial charge is 0.324 e. The van der Waals surface area contributed by atoms with Crippen LogP contribution in [0.15, 0.2) is 0 Å². The summed E-state index contributed by atoms with van der Waals surface area (Å²) in [5.41, 5.74) is -0.664. The minimum atomic E-state index is -0.664. The van der Waals surface area contributed by atoms with Crippen LogP contribution in [0.4, 0.5) is 0 Å². The number of rotatable bonds is 7. The molecule has 1 saturated heterocycles.